The number of nitrogens with zero attached hydrogens (tertiary/aromatic N) is 5. The van der Waals surface area contributed by atoms with Crippen LogP contribution in [0.25, 0.3) is 99.9 Å². The molecule has 0 spiro atoms. The van der Waals surface area contributed by atoms with Crippen molar-refractivity contribution < 1.29 is 4.42 Å². The van der Waals surface area contributed by atoms with E-state index in [1.165, 1.54) is 10.8 Å². The molecule has 10 aromatic rings. The minimum absolute atomic E-state index is 0.442. The Morgan fingerprint density at radius 1 is 0.408 bits per heavy atom. The predicted octanol–water partition coefficient (Wildman–Crippen LogP) is 10.7. The average molecular weight is 628 g/mol. The molecule has 6 nitrogen and oxygen atoms in total. The molecule has 228 valence electrons. The molecule has 3 heterocycles. The van der Waals surface area contributed by atoms with E-state index in [0.717, 1.165) is 54.8 Å². The Labute approximate surface area is 280 Å². The van der Waals surface area contributed by atoms with Gasteiger partial charge in [-0.15, -0.1) is 0 Å². The maximum Gasteiger partial charge on any atom is 0.246 e. The summed E-state index contributed by atoms with van der Waals surface area (Å²) in [7, 11) is 0. The van der Waals surface area contributed by atoms with Gasteiger partial charge >= 0.3 is 0 Å². The molecule has 0 atom stereocenters. The van der Waals surface area contributed by atoms with Crippen molar-refractivity contribution in [2.75, 3.05) is 0 Å². The molecule has 0 saturated heterocycles. The van der Waals surface area contributed by atoms with Gasteiger partial charge in [-0.3, -0.25) is 0 Å². The lowest BCUT2D eigenvalue weighted by atomic mass is 9.98. The third kappa shape index (κ3) is 4.69. The summed E-state index contributed by atoms with van der Waals surface area (Å²) in [5.74, 6) is 1.58. The van der Waals surface area contributed by atoms with Crippen LogP contribution in [-0.4, -0.2) is 24.9 Å². The van der Waals surface area contributed by atoms with Crippen LogP contribution < -0.4 is 0 Å². The van der Waals surface area contributed by atoms with E-state index in [9.17, 15) is 0 Å². The van der Waals surface area contributed by atoms with Crippen molar-refractivity contribution in [3.05, 3.63) is 152 Å². The van der Waals surface area contributed by atoms with E-state index < -0.39 is 0 Å². The molecule has 0 bridgehead atoms. The summed E-state index contributed by atoms with van der Waals surface area (Å²) in [6, 6.07) is 50.1. The Kier molecular flexibility index (Phi) is 6.08. The van der Waals surface area contributed by atoms with Gasteiger partial charge in [0, 0.05) is 16.5 Å². The number of fused-ring (bicyclic) bond motifs is 6. The normalized spacial score (nSPS) is 11.7. The van der Waals surface area contributed by atoms with Crippen molar-refractivity contribution in [3.8, 4) is 45.4 Å². The SMILES string of the molecule is c1ccc2cc(-c3nc(-c4ccc5ccccc5c4)nc(-c4cnc5oc6cc(-c7cccc8ccccc78)ccc6c5n4)n3)ccc2c1. The van der Waals surface area contributed by atoms with E-state index in [0.29, 0.717) is 34.4 Å². The van der Waals surface area contributed by atoms with Gasteiger partial charge in [0.15, 0.2) is 17.5 Å². The van der Waals surface area contributed by atoms with Crippen LogP contribution in [0, 0.1) is 0 Å². The largest absolute Gasteiger partial charge is 0.436 e. The average Bonchev–Trinajstić information content (AvgIpc) is 3.54. The zero-order valence-electron chi connectivity index (χ0n) is 26.1. The smallest absolute Gasteiger partial charge is 0.246 e. The minimum Gasteiger partial charge on any atom is -0.436 e. The van der Waals surface area contributed by atoms with E-state index in [4.69, 9.17) is 29.3 Å². The summed E-state index contributed by atoms with van der Waals surface area (Å²) >= 11 is 0. The Hall–Kier alpha value is -6.79. The lowest BCUT2D eigenvalue weighted by Crippen LogP contribution is -2.01. The van der Waals surface area contributed by atoms with Crippen LogP contribution in [0.2, 0.25) is 0 Å². The highest BCUT2D eigenvalue weighted by atomic mass is 16.3. The Bertz CT molecular complexity index is 2810. The number of hydrogen-bond donors (Lipinski definition) is 0. The molecule has 0 amide bonds. The van der Waals surface area contributed by atoms with Crippen LogP contribution >= 0.6 is 0 Å². The highest BCUT2D eigenvalue weighted by Crippen LogP contribution is 2.35. The van der Waals surface area contributed by atoms with Gasteiger partial charge < -0.3 is 4.42 Å². The molecule has 0 aliphatic rings. The summed E-state index contributed by atoms with van der Waals surface area (Å²) < 4.78 is 6.26. The first-order valence-corrected chi connectivity index (χ1v) is 16.2. The zero-order chi connectivity index (χ0) is 32.3. The molecule has 0 N–H and O–H groups in total. The van der Waals surface area contributed by atoms with Crippen molar-refractivity contribution in [1.29, 1.82) is 0 Å². The van der Waals surface area contributed by atoms with Gasteiger partial charge in [0.05, 0.1) is 6.20 Å². The predicted molar refractivity (Wildman–Crippen MR) is 197 cm³/mol. The Morgan fingerprint density at radius 2 is 1.00 bits per heavy atom. The quantitative estimate of drug-likeness (QED) is 0.193. The van der Waals surface area contributed by atoms with Crippen molar-refractivity contribution >= 4 is 54.5 Å². The first-order valence-electron chi connectivity index (χ1n) is 16.2. The third-order valence-electron chi connectivity index (χ3n) is 9.16. The summed E-state index contributed by atoms with van der Waals surface area (Å²) in [5, 5.41) is 7.81. The number of furan rings is 1. The summed E-state index contributed by atoms with van der Waals surface area (Å²) in [5.41, 5.74) is 6.41. The molecular weight excluding hydrogens is 603 g/mol. The second-order valence-electron chi connectivity index (χ2n) is 12.2. The Morgan fingerprint density at radius 3 is 1.71 bits per heavy atom. The standard InChI is InChI=1S/C43H25N5O/c1-3-11-29-22-32(18-16-26(29)8-1)40-46-41(33-19-17-27-9-2-4-12-30(27)23-33)48-42(47-40)37-25-44-43-39(45-37)36-21-20-31(24-38(36)49-43)35-15-7-13-28-10-5-6-14-34(28)35/h1-25H. The van der Waals surface area contributed by atoms with E-state index in [2.05, 4.69) is 121 Å². The van der Waals surface area contributed by atoms with Gasteiger partial charge in [0.2, 0.25) is 5.71 Å². The van der Waals surface area contributed by atoms with Gasteiger partial charge in [-0.05, 0) is 67.7 Å². The number of aromatic nitrogens is 5. The number of rotatable bonds is 4. The van der Waals surface area contributed by atoms with Gasteiger partial charge in [-0.1, -0.05) is 121 Å². The molecule has 7 aromatic carbocycles. The molecular formula is C43H25N5O. The number of benzene rings is 7. The molecule has 0 saturated carbocycles. The monoisotopic (exact) mass is 627 g/mol. The van der Waals surface area contributed by atoms with Crippen LogP contribution in [0.5, 0.6) is 0 Å². The van der Waals surface area contributed by atoms with Crippen molar-refractivity contribution in [2.45, 2.75) is 0 Å². The first kappa shape index (κ1) is 27.3. The fourth-order valence-electron chi connectivity index (χ4n) is 6.69. The lowest BCUT2D eigenvalue weighted by molar-refractivity contribution is 0.653. The van der Waals surface area contributed by atoms with Crippen LogP contribution in [0.15, 0.2) is 156 Å². The van der Waals surface area contributed by atoms with Crippen LogP contribution in [-0.2, 0) is 0 Å². The van der Waals surface area contributed by atoms with E-state index in [1.807, 2.05) is 24.3 Å². The van der Waals surface area contributed by atoms with Gasteiger partial charge in [-0.2, -0.15) is 0 Å². The second-order valence-corrected chi connectivity index (χ2v) is 12.2. The minimum atomic E-state index is 0.442. The summed E-state index contributed by atoms with van der Waals surface area (Å²) in [6.07, 6.45) is 1.68. The molecule has 0 unspecified atom stereocenters. The van der Waals surface area contributed by atoms with E-state index >= 15 is 0 Å². The highest BCUT2D eigenvalue weighted by Gasteiger charge is 2.18. The fraction of sp³-hybridized carbons (Fsp3) is 0. The second kappa shape index (κ2) is 10.9. The summed E-state index contributed by atoms with van der Waals surface area (Å²) in [4.78, 5) is 24.7. The van der Waals surface area contributed by atoms with Gasteiger partial charge in [0.25, 0.3) is 0 Å². The maximum atomic E-state index is 6.26. The molecule has 3 aromatic heterocycles. The Balaban J connectivity index is 1.13. The molecule has 10 rings (SSSR count). The maximum absolute atomic E-state index is 6.26. The fourth-order valence-corrected chi connectivity index (χ4v) is 6.69. The number of hydrogen-bond acceptors (Lipinski definition) is 6. The lowest BCUT2D eigenvalue weighted by Gasteiger charge is -2.09. The van der Waals surface area contributed by atoms with E-state index in [1.54, 1.807) is 6.20 Å². The molecule has 49 heavy (non-hydrogen) atoms. The third-order valence-corrected chi connectivity index (χ3v) is 9.16. The van der Waals surface area contributed by atoms with Crippen molar-refractivity contribution in [3.63, 3.8) is 0 Å². The van der Waals surface area contributed by atoms with Crippen molar-refractivity contribution in [2.24, 2.45) is 0 Å². The van der Waals surface area contributed by atoms with Crippen molar-refractivity contribution in [1.82, 2.24) is 24.9 Å². The summed E-state index contributed by atoms with van der Waals surface area (Å²) in [6.45, 7) is 0. The highest BCUT2D eigenvalue weighted by molar-refractivity contribution is 6.05. The molecule has 0 aliphatic heterocycles. The van der Waals surface area contributed by atoms with Gasteiger partial charge in [-0.25, -0.2) is 24.9 Å². The molecule has 0 aliphatic carbocycles. The van der Waals surface area contributed by atoms with Crippen LogP contribution in [0.3, 0.4) is 0 Å². The van der Waals surface area contributed by atoms with Crippen LogP contribution in [0.4, 0.5) is 0 Å². The first-order chi connectivity index (χ1) is 24.2. The topological polar surface area (TPSA) is 77.6 Å². The molecule has 6 heteroatoms. The van der Waals surface area contributed by atoms with E-state index in [-0.39, 0.29) is 0 Å². The molecule has 0 fully saturated rings. The van der Waals surface area contributed by atoms with Gasteiger partial charge in [0.1, 0.15) is 16.8 Å². The molecule has 0 radical (unpaired) electrons. The van der Waals surface area contributed by atoms with Crippen LogP contribution in [0.1, 0.15) is 0 Å². The zero-order valence-corrected chi connectivity index (χ0v) is 26.1.